The molecule has 3 aromatic carbocycles. The molecule has 3 N–H and O–H groups in total. The van der Waals surface area contributed by atoms with Gasteiger partial charge in [-0.1, -0.05) is 36.4 Å². The van der Waals surface area contributed by atoms with Crippen LogP contribution in [0.1, 0.15) is 19.9 Å². The zero-order valence-electron chi connectivity index (χ0n) is 21.0. The lowest BCUT2D eigenvalue weighted by molar-refractivity contribution is 0.537. The number of nitrogens with one attached hydrogen (secondary N) is 3. The van der Waals surface area contributed by atoms with Crippen LogP contribution in [0.15, 0.2) is 83.6 Å². The third-order valence-corrected chi connectivity index (χ3v) is 6.92. The summed E-state index contributed by atoms with van der Waals surface area (Å²) in [4.78, 5) is 8.92. The van der Waals surface area contributed by atoms with Crippen LogP contribution in [-0.4, -0.2) is 34.4 Å². The molecule has 0 fully saturated rings. The summed E-state index contributed by atoms with van der Waals surface area (Å²) in [6.45, 7) is 4.23. The Labute approximate surface area is 229 Å². The van der Waals surface area contributed by atoms with Crippen LogP contribution >= 0.6 is 15.9 Å². The van der Waals surface area contributed by atoms with Crippen molar-refractivity contribution in [2.45, 2.75) is 19.9 Å². The highest BCUT2D eigenvalue weighted by Gasteiger charge is 2.12. The Balaban J connectivity index is 1.34. The highest BCUT2D eigenvalue weighted by Crippen LogP contribution is 2.30. The number of hydrogen-bond donors (Lipinski definition) is 3. The summed E-state index contributed by atoms with van der Waals surface area (Å²) in [5.74, 6) is 0.869. The summed E-state index contributed by atoms with van der Waals surface area (Å²) in [7, 11) is -3.44. The number of anilines is 5. The van der Waals surface area contributed by atoms with E-state index in [1.165, 1.54) is 0 Å². The van der Waals surface area contributed by atoms with Gasteiger partial charge in [-0.15, -0.1) is 0 Å². The van der Waals surface area contributed by atoms with Crippen LogP contribution in [0.25, 0.3) is 22.0 Å². The molecule has 0 aliphatic rings. The quantitative estimate of drug-likeness (QED) is 0.184. The normalized spacial score (nSPS) is 11.6. The molecule has 0 saturated heterocycles. The fourth-order valence-electron chi connectivity index (χ4n) is 3.88. The maximum atomic E-state index is 11.7. The van der Waals surface area contributed by atoms with Gasteiger partial charge in [0.1, 0.15) is 5.82 Å². The van der Waals surface area contributed by atoms with E-state index < -0.39 is 10.0 Å². The van der Waals surface area contributed by atoms with Crippen LogP contribution in [-0.2, 0) is 10.0 Å². The molecule has 38 heavy (non-hydrogen) atoms. The van der Waals surface area contributed by atoms with Gasteiger partial charge in [0.2, 0.25) is 16.0 Å². The molecule has 9 nitrogen and oxygen atoms in total. The van der Waals surface area contributed by atoms with Gasteiger partial charge in [0, 0.05) is 29.5 Å². The maximum Gasteiger partial charge on any atom is 0.229 e. The molecule has 0 bridgehead atoms. The number of benzene rings is 3. The monoisotopic (exact) mass is 591 g/mol. The van der Waals surface area contributed by atoms with E-state index in [1.807, 2.05) is 28.9 Å². The lowest BCUT2D eigenvalue weighted by Gasteiger charge is -2.14. The van der Waals surface area contributed by atoms with Crippen molar-refractivity contribution in [3.8, 4) is 11.1 Å². The third-order valence-electron chi connectivity index (χ3n) is 5.75. The first kappa shape index (κ1) is 25.7. The maximum absolute atomic E-state index is 11.7. The molecule has 0 radical (unpaired) electrons. The van der Waals surface area contributed by atoms with Gasteiger partial charge in [0.25, 0.3) is 0 Å². The van der Waals surface area contributed by atoms with Gasteiger partial charge in [-0.05, 0) is 71.2 Å². The minimum absolute atomic E-state index is 0.312. The molecule has 5 aromatic rings. The Morgan fingerprint density at radius 2 is 1.63 bits per heavy atom. The number of sulfonamides is 1. The van der Waals surface area contributed by atoms with E-state index in [0.29, 0.717) is 33.7 Å². The summed E-state index contributed by atoms with van der Waals surface area (Å²) >= 11 is 3.46. The van der Waals surface area contributed by atoms with Crippen molar-refractivity contribution in [3.63, 3.8) is 0 Å². The zero-order chi connectivity index (χ0) is 26.9. The average Bonchev–Trinajstić information content (AvgIpc) is 3.31. The first-order chi connectivity index (χ1) is 18.1. The van der Waals surface area contributed by atoms with E-state index in [4.69, 9.17) is 0 Å². The van der Waals surface area contributed by atoms with Gasteiger partial charge < -0.3 is 10.6 Å². The Kier molecular flexibility index (Phi) is 7.04. The first-order valence-corrected chi connectivity index (χ1v) is 14.6. The van der Waals surface area contributed by atoms with Crippen molar-refractivity contribution in [3.05, 3.63) is 83.6 Å². The molecule has 2 aromatic heterocycles. The van der Waals surface area contributed by atoms with E-state index >= 15 is 0 Å². The van der Waals surface area contributed by atoms with Crippen molar-refractivity contribution in [1.29, 1.82) is 0 Å². The largest absolute Gasteiger partial charge is 0.337 e. The number of nitrogens with zero attached hydrogens (tertiary/aromatic N) is 4. The molecule has 0 aliphatic heterocycles. The molecule has 0 atom stereocenters. The molecule has 0 spiro atoms. The van der Waals surface area contributed by atoms with E-state index in [2.05, 4.69) is 84.6 Å². The van der Waals surface area contributed by atoms with Crippen molar-refractivity contribution < 1.29 is 8.42 Å². The fraction of sp³-hybridized carbons (Fsp3) is 0.148. The number of aromatic nitrogens is 4. The molecular formula is C27H26BrN7O2S. The summed E-state index contributed by atoms with van der Waals surface area (Å²) in [6, 6.07) is 21.6. The van der Waals surface area contributed by atoms with Crippen LogP contribution in [0.3, 0.4) is 0 Å². The topological polar surface area (TPSA) is 114 Å². The Bertz CT molecular complexity index is 1720. The number of rotatable bonds is 8. The molecular weight excluding hydrogens is 566 g/mol. The minimum Gasteiger partial charge on any atom is -0.337 e. The average molecular weight is 593 g/mol. The van der Waals surface area contributed by atoms with Gasteiger partial charge >= 0.3 is 0 Å². The Hall–Kier alpha value is -3.96. The summed E-state index contributed by atoms with van der Waals surface area (Å²) in [6.07, 6.45) is 4.80. The molecule has 194 valence electrons. The second-order valence-electron chi connectivity index (χ2n) is 9.11. The summed E-state index contributed by atoms with van der Waals surface area (Å²) < 4.78 is 28.6. The first-order valence-electron chi connectivity index (χ1n) is 11.9. The lowest BCUT2D eigenvalue weighted by atomic mass is 10.0. The second-order valence-corrected chi connectivity index (χ2v) is 11.7. The Morgan fingerprint density at radius 1 is 0.921 bits per heavy atom. The van der Waals surface area contributed by atoms with Crippen molar-refractivity contribution in [2.24, 2.45) is 0 Å². The molecule has 0 aliphatic carbocycles. The van der Waals surface area contributed by atoms with Gasteiger partial charge in [-0.3, -0.25) is 9.40 Å². The predicted octanol–water partition coefficient (Wildman–Crippen LogP) is 6.70. The smallest absolute Gasteiger partial charge is 0.229 e. The van der Waals surface area contributed by atoms with E-state index in [0.717, 1.165) is 34.0 Å². The third kappa shape index (κ3) is 5.95. The van der Waals surface area contributed by atoms with Gasteiger partial charge in [0.15, 0.2) is 0 Å². The van der Waals surface area contributed by atoms with Crippen LogP contribution in [0.4, 0.5) is 28.8 Å². The van der Waals surface area contributed by atoms with Crippen LogP contribution in [0.2, 0.25) is 0 Å². The van der Waals surface area contributed by atoms with Gasteiger partial charge in [-0.25, -0.2) is 13.4 Å². The molecule has 11 heteroatoms. The minimum atomic E-state index is -3.44. The van der Waals surface area contributed by atoms with Crippen LogP contribution in [0.5, 0.6) is 0 Å². The summed E-state index contributed by atoms with van der Waals surface area (Å²) in [5.41, 5.74) is 4.93. The summed E-state index contributed by atoms with van der Waals surface area (Å²) in [5, 5.41) is 12.2. The fourth-order valence-corrected chi connectivity index (χ4v) is 4.75. The number of halogens is 1. The Morgan fingerprint density at radius 3 is 2.34 bits per heavy atom. The van der Waals surface area contributed by atoms with E-state index in [9.17, 15) is 8.42 Å². The molecule has 0 saturated carbocycles. The molecule has 0 amide bonds. The van der Waals surface area contributed by atoms with Crippen molar-refractivity contribution >= 4 is 65.7 Å². The van der Waals surface area contributed by atoms with E-state index in [-0.39, 0.29) is 0 Å². The van der Waals surface area contributed by atoms with Crippen LogP contribution < -0.4 is 15.4 Å². The van der Waals surface area contributed by atoms with E-state index in [1.54, 1.807) is 30.5 Å². The standard InChI is InChI=1S/C27H26BrN7O2S/c1-17(2)35-16-20-9-8-19(14-25(20)33-35)18-10-12-21(13-11-18)30-27-29-15-22(28)26(32-27)31-23-6-4-5-7-24(23)34-38(3,36)37/h4-17,34H,1-3H3,(H2,29,30,31,32). The van der Waals surface area contributed by atoms with Crippen LogP contribution in [0, 0.1) is 0 Å². The number of fused-ring (bicyclic) bond motifs is 1. The highest BCUT2D eigenvalue weighted by atomic mass is 79.9. The van der Waals surface area contributed by atoms with Crippen molar-refractivity contribution in [1.82, 2.24) is 19.7 Å². The van der Waals surface area contributed by atoms with Crippen molar-refractivity contribution in [2.75, 3.05) is 21.6 Å². The van der Waals surface area contributed by atoms with Gasteiger partial charge in [0.05, 0.1) is 27.6 Å². The lowest BCUT2D eigenvalue weighted by Crippen LogP contribution is -2.11. The highest BCUT2D eigenvalue weighted by molar-refractivity contribution is 9.10. The number of hydrogen-bond acceptors (Lipinski definition) is 7. The molecule has 2 heterocycles. The SMILES string of the molecule is CC(C)n1cc2ccc(-c3ccc(Nc4ncc(Br)c(Nc5ccccc5NS(C)(=O)=O)n4)cc3)cc2n1. The predicted molar refractivity (Wildman–Crippen MR) is 157 cm³/mol. The molecule has 5 rings (SSSR count). The zero-order valence-corrected chi connectivity index (χ0v) is 23.4. The second kappa shape index (κ2) is 10.4. The number of para-hydroxylation sites is 2. The van der Waals surface area contributed by atoms with Gasteiger partial charge in [-0.2, -0.15) is 10.1 Å². The molecule has 0 unspecified atom stereocenters.